The first-order chi connectivity index (χ1) is 13.5. The molecule has 4 aromatic rings. The van der Waals surface area contributed by atoms with Gasteiger partial charge in [0.2, 0.25) is 0 Å². The monoisotopic (exact) mass is 369 g/mol. The number of nitrogens with one attached hydrogen (secondary N) is 2. The van der Waals surface area contributed by atoms with Crippen molar-refractivity contribution in [2.75, 3.05) is 0 Å². The predicted molar refractivity (Wildman–Crippen MR) is 107 cm³/mol. The van der Waals surface area contributed by atoms with Gasteiger partial charge in [-0.15, -0.1) is 0 Å². The van der Waals surface area contributed by atoms with Crippen molar-refractivity contribution in [3.63, 3.8) is 0 Å². The molecule has 2 N–H and O–H groups in total. The molecule has 1 aromatic carbocycles. The van der Waals surface area contributed by atoms with Gasteiger partial charge in [0, 0.05) is 40.5 Å². The summed E-state index contributed by atoms with van der Waals surface area (Å²) in [6, 6.07) is 11.8. The molecule has 6 heteroatoms. The lowest BCUT2D eigenvalue weighted by molar-refractivity contribution is 0.0987. The number of benzene rings is 1. The number of aryl methyl sites for hydroxylation is 2. The van der Waals surface area contributed by atoms with Crippen LogP contribution in [0.4, 0.5) is 0 Å². The Morgan fingerprint density at radius 3 is 2.68 bits per heavy atom. The number of carbonyl (C=O) groups excluding carboxylic acids is 1. The number of aromatic amines is 2. The molecule has 0 fully saturated rings. The third kappa shape index (κ3) is 3.08. The average Bonchev–Trinajstić information content (AvgIpc) is 3.24. The van der Waals surface area contributed by atoms with Crippen LogP contribution in [0.25, 0.3) is 22.3 Å². The summed E-state index contributed by atoms with van der Waals surface area (Å²) in [5, 5.41) is 17.0. The summed E-state index contributed by atoms with van der Waals surface area (Å²) in [4.78, 5) is 20.4. The zero-order valence-corrected chi connectivity index (χ0v) is 15.9. The fourth-order valence-electron chi connectivity index (χ4n) is 3.36. The molecule has 0 radical (unpaired) electrons. The molecule has 138 valence electrons. The summed E-state index contributed by atoms with van der Waals surface area (Å²) < 4.78 is 0. The first-order valence-electron chi connectivity index (χ1n) is 9.00. The number of nitriles is 1. The number of hydrogen-bond acceptors (Lipinski definition) is 4. The standard InChI is InChI=1S/C22H19N5O/c1-12-6-15(10-23)4-5-18(12)19-9-17-7-16(11-24-22(17)25-19)8-20(28)21-13(2)14(3)26-27-21/h4-7,9,11H,8H2,1-3H3,(H,24,25)(H,26,27). The summed E-state index contributed by atoms with van der Waals surface area (Å²) in [7, 11) is 0. The third-order valence-electron chi connectivity index (χ3n) is 5.05. The van der Waals surface area contributed by atoms with E-state index in [1.165, 1.54) is 0 Å². The molecule has 0 saturated heterocycles. The van der Waals surface area contributed by atoms with E-state index in [2.05, 4.69) is 26.2 Å². The number of hydrogen-bond donors (Lipinski definition) is 2. The average molecular weight is 369 g/mol. The molecule has 0 unspecified atom stereocenters. The highest BCUT2D eigenvalue weighted by Crippen LogP contribution is 2.27. The molecule has 0 aliphatic heterocycles. The van der Waals surface area contributed by atoms with Crippen LogP contribution in [0.2, 0.25) is 0 Å². The van der Waals surface area contributed by atoms with Gasteiger partial charge in [0.25, 0.3) is 0 Å². The number of H-pyrrole nitrogens is 2. The van der Waals surface area contributed by atoms with E-state index in [4.69, 9.17) is 5.26 Å². The second-order valence-electron chi connectivity index (χ2n) is 7.03. The second-order valence-corrected chi connectivity index (χ2v) is 7.03. The summed E-state index contributed by atoms with van der Waals surface area (Å²) in [5.74, 6) is -0.0262. The van der Waals surface area contributed by atoms with Crippen LogP contribution in [0.5, 0.6) is 0 Å². The van der Waals surface area contributed by atoms with Crippen LogP contribution in [0, 0.1) is 32.1 Å². The third-order valence-corrected chi connectivity index (χ3v) is 5.05. The summed E-state index contributed by atoms with van der Waals surface area (Å²) in [5.41, 5.74) is 7.51. The molecule has 28 heavy (non-hydrogen) atoms. The minimum absolute atomic E-state index is 0.0262. The Labute approximate surface area is 162 Å². The molecule has 0 aliphatic carbocycles. The minimum Gasteiger partial charge on any atom is -0.339 e. The Hall–Kier alpha value is -3.72. The maximum absolute atomic E-state index is 12.6. The van der Waals surface area contributed by atoms with Crippen LogP contribution in [-0.4, -0.2) is 25.9 Å². The fourth-order valence-corrected chi connectivity index (χ4v) is 3.36. The Kier molecular flexibility index (Phi) is 4.28. The molecule has 6 nitrogen and oxygen atoms in total. The van der Waals surface area contributed by atoms with E-state index in [1.807, 2.05) is 45.0 Å². The molecule has 0 atom stereocenters. The summed E-state index contributed by atoms with van der Waals surface area (Å²) >= 11 is 0. The van der Waals surface area contributed by atoms with Gasteiger partial charge in [0.1, 0.15) is 11.3 Å². The van der Waals surface area contributed by atoms with E-state index in [0.717, 1.165) is 44.7 Å². The Morgan fingerprint density at radius 2 is 2.00 bits per heavy atom. The van der Waals surface area contributed by atoms with Gasteiger partial charge >= 0.3 is 0 Å². The first-order valence-corrected chi connectivity index (χ1v) is 9.00. The smallest absolute Gasteiger partial charge is 0.187 e. The fraction of sp³-hybridized carbons (Fsp3) is 0.182. The van der Waals surface area contributed by atoms with Crippen molar-refractivity contribution in [1.29, 1.82) is 5.26 Å². The molecule has 3 aromatic heterocycles. The highest BCUT2D eigenvalue weighted by atomic mass is 16.1. The van der Waals surface area contributed by atoms with E-state index in [1.54, 1.807) is 12.3 Å². The van der Waals surface area contributed by atoms with Gasteiger partial charge in [-0.1, -0.05) is 6.07 Å². The SMILES string of the molecule is Cc1cc(C#N)ccc1-c1cc2cc(CC(=O)c3n[nH]c(C)c3C)cnc2[nH]1. The molecule has 0 spiro atoms. The highest BCUT2D eigenvalue weighted by Gasteiger charge is 2.16. The lowest BCUT2D eigenvalue weighted by atomic mass is 10.0. The van der Waals surface area contributed by atoms with Gasteiger partial charge in [-0.05, 0) is 56.2 Å². The first kappa shape index (κ1) is 17.7. The normalized spacial score (nSPS) is 10.9. The molecule has 3 heterocycles. The number of ketones is 1. The molecule has 0 saturated carbocycles. The number of carbonyl (C=O) groups is 1. The van der Waals surface area contributed by atoms with E-state index in [0.29, 0.717) is 11.3 Å². The summed E-state index contributed by atoms with van der Waals surface area (Å²) in [6.07, 6.45) is 1.98. The lowest BCUT2D eigenvalue weighted by Crippen LogP contribution is -2.06. The Morgan fingerprint density at radius 1 is 1.18 bits per heavy atom. The molecule has 0 amide bonds. The van der Waals surface area contributed by atoms with Crippen molar-refractivity contribution in [2.24, 2.45) is 0 Å². The number of rotatable bonds is 4. The molecule has 4 rings (SSSR count). The van der Waals surface area contributed by atoms with Crippen molar-refractivity contribution in [2.45, 2.75) is 27.2 Å². The van der Waals surface area contributed by atoms with Crippen molar-refractivity contribution in [3.05, 3.63) is 70.2 Å². The largest absolute Gasteiger partial charge is 0.339 e. The zero-order chi connectivity index (χ0) is 19.8. The van der Waals surface area contributed by atoms with Crippen LogP contribution in [0.1, 0.15) is 38.4 Å². The molecular weight excluding hydrogens is 350 g/mol. The topological polar surface area (TPSA) is 98.2 Å². The second kappa shape index (κ2) is 6.78. The van der Waals surface area contributed by atoms with Gasteiger partial charge in [-0.3, -0.25) is 9.89 Å². The minimum atomic E-state index is -0.0262. The molecular formula is C22H19N5O. The maximum atomic E-state index is 12.6. The van der Waals surface area contributed by atoms with Gasteiger partial charge in [-0.25, -0.2) is 4.98 Å². The predicted octanol–water partition coefficient (Wildman–Crippen LogP) is 4.18. The Balaban J connectivity index is 1.64. The van der Waals surface area contributed by atoms with Gasteiger partial charge in [-0.2, -0.15) is 10.4 Å². The number of Topliss-reactive ketones (excluding diaryl/α,β-unsaturated/α-hetero) is 1. The highest BCUT2D eigenvalue weighted by molar-refractivity contribution is 5.97. The van der Waals surface area contributed by atoms with Gasteiger partial charge in [0.05, 0.1) is 11.6 Å². The quantitative estimate of drug-likeness (QED) is 0.527. The van der Waals surface area contributed by atoms with Crippen LogP contribution >= 0.6 is 0 Å². The van der Waals surface area contributed by atoms with E-state index < -0.39 is 0 Å². The van der Waals surface area contributed by atoms with Crippen molar-refractivity contribution in [3.8, 4) is 17.3 Å². The van der Waals surface area contributed by atoms with E-state index >= 15 is 0 Å². The van der Waals surface area contributed by atoms with E-state index in [-0.39, 0.29) is 12.2 Å². The lowest BCUT2D eigenvalue weighted by Gasteiger charge is -2.03. The van der Waals surface area contributed by atoms with Gasteiger partial charge < -0.3 is 4.98 Å². The van der Waals surface area contributed by atoms with Crippen LogP contribution in [0.15, 0.2) is 36.5 Å². The molecule has 0 aliphatic rings. The van der Waals surface area contributed by atoms with Crippen molar-refractivity contribution < 1.29 is 4.79 Å². The summed E-state index contributed by atoms with van der Waals surface area (Å²) in [6.45, 7) is 5.78. The van der Waals surface area contributed by atoms with Crippen molar-refractivity contribution >= 4 is 16.8 Å². The number of nitrogens with zero attached hydrogens (tertiary/aromatic N) is 3. The Bertz CT molecular complexity index is 1260. The van der Waals surface area contributed by atoms with Crippen molar-refractivity contribution in [1.82, 2.24) is 20.2 Å². The zero-order valence-electron chi connectivity index (χ0n) is 15.9. The van der Waals surface area contributed by atoms with E-state index in [9.17, 15) is 4.79 Å². The maximum Gasteiger partial charge on any atom is 0.187 e. The van der Waals surface area contributed by atoms with Crippen LogP contribution < -0.4 is 0 Å². The molecule has 0 bridgehead atoms. The van der Waals surface area contributed by atoms with Crippen LogP contribution in [-0.2, 0) is 6.42 Å². The van der Waals surface area contributed by atoms with Crippen LogP contribution in [0.3, 0.4) is 0 Å². The number of pyridine rings is 1. The number of aromatic nitrogens is 4. The van der Waals surface area contributed by atoms with Gasteiger partial charge in [0.15, 0.2) is 5.78 Å². The number of fused-ring (bicyclic) bond motifs is 1.